The predicted octanol–water partition coefficient (Wildman–Crippen LogP) is 1.11. The minimum atomic E-state index is 0.0368. The highest BCUT2D eigenvalue weighted by atomic mass is 15.4. The smallest absolute Gasteiger partial charge is 0.397 e. The highest BCUT2D eigenvalue weighted by Crippen LogP contribution is 2.35. The summed E-state index contributed by atoms with van der Waals surface area (Å²) in [6.07, 6.45) is 6.56. The lowest BCUT2D eigenvalue weighted by molar-refractivity contribution is -0.740. The fourth-order valence-electron chi connectivity index (χ4n) is 3.77. The second-order valence-corrected chi connectivity index (χ2v) is 6.41. The summed E-state index contributed by atoms with van der Waals surface area (Å²) in [6, 6.07) is 8.94. The summed E-state index contributed by atoms with van der Waals surface area (Å²) in [6.45, 7) is 4.90. The third-order valence-corrected chi connectivity index (χ3v) is 4.85. The van der Waals surface area contributed by atoms with Crippen LogP contribution in [-0.2, 0) is 12.5 Å². The zero-order chi connectivity index (χ0) is 14.1. The van der Waals surface area contributed by atoms with Crippen molar-refractivity contribution in [1.82, 2.24) is 9.40 Å². The molecule has 0 saturated carbocycles. The highest BCUT2D eigenvalue weighted by Gasteiger charge is 2.48. The number of rotatable bonds is 0. The number of hydrogen-bond acceptors (Lipinski definition) is 1. The van der Waals surface area contributed by atoms with E-state index in [-0.39, 0.29) is 12.4 Å². The Morgan fingerprint density at radius 2 is 2.00 bits per heavy atom. The number of aromatic nitrogens is 2. The molecule has 0 spiro atoms. The van der Waals surface area contributed by atoms with Gasteiger partial charge in [0.1, 0.15) is 0 Å². The molecule has 3 heterocycles. The first kappa shape index (κ1) is 11.8. The van der Waals surface area contributed by atoms with Gasteiger partial charge in [-0.3, -0.25) is 0 Å². The first-order chi connectivity index (χ1) is 9.51. The van der Waals surface area contributed by atoms with Gasteiger partial charge in [0, 0.05) is 11.5 Å². The van der Waals surface area contributed by atoms with Gasteiger partial charge in [-0.25, -0.2) is 0 Å². The molecule has 0 amide bonds. The van der Waals surface area contributed by atoms with Gasteiger partial charge in [-0.15, -0.1) is 4.68 Å². The van der Waals surface area contributed by atoms with Crippen molar-refractivity contribution in [3.05, 3.63) is 53.5 Å². The molecular weight excluding hydrogens is 245 g/mol. The van der Waals surface area contributed by atoms with Crippen molar-refractivity contribution in [3.63, 3.8) is 0 Å². The van der Waals surface area contributed by atoms with E-state index in [9.17, 15) is 0 Å². The van der Waals surface area contributed by atoms with E-state index >= 15 is 0 Å². The first-order valence-electron chi connectivity index (χ1n) is 7.13. The molecule has 20 heavy (non-hydrogen) atoms. The Labute approximate surface area is 120 Å². The SMILES string of the molecule is CN1C=Cc2cccc3c2B1n1c(cc[n+]1C)C3(C)C. The normalized spacial score (nSPS) is 18.0. The third-order valence-electron chi connectivity index (χ3n) is 4.85. The van der Waals surface area contributed by atoms with Crippen molar-refractivity contribution in [2.45, 2.75) is 19.3 Å². The van der Waals surface area contributed by atoms with Crippen LogP contribution >= 0.6 is 0 Å². The Morgan fingerprint density at radius 1 is 1.20 bits per heavy atom. The molecule has 0 unspecified atom stereocenters. The Kier molecular flexibility index (Phi) is 2.11. The summed E-state index contributed by atoms with van der Waals surface area (Å²) in [4.78, 5) is 2.30. The van der Waals surface area contributed by atoms with Crippen molar-refractivity contribution in [2.75, 3.05) is 7.05 Å². The van der Waals surface area contributed by atoms with E-state index in [1.54, 1.807) is 0 Å². The number of benzene rings is 1. The molecule has 100 valence electrons. The topological polar surface area (TPSA) is 12.1 Å². The fraction of sp³-hybridized carbons (Fsp3) is 0.312. The third kappa shape index (κ3) is 1.24. The molecule has 4 heteroatoms. The zero-order valence-corrected chi connectivity index (χ0v) is 12.5. The average molecular weight is 264 g/mol. The molecule has 1 aromatic carbocycles. The second kappa shape index (κ2) is 3.57. The van der Waals surface area contributed by atoms with Gasteiger partial charge >= 0.3 is 6.98 Å². The Bertz CT molecular complexity index is 742. The van der Waals surface area contributed by atoms with E-state index in [1.165, 1.54) is 22.3 Å². The van der Waals surface area contributed by atoms with E-state index in [2.05, 4.69) is 84.8 Å². The Balaban J connectivity index is 2.14. The van der Waals surface area contributed by atoms with Crippen LogP contribution in [0.15, 0.2) is 36.7 Å². The molecule has 4 rings (SSSR count). The number of aryl methyl sites for hydroxylation is 1. The molecule has 2 aromatic rings. The number of fused-ring (bicyclic) bond motifs is 2. The first-order valence-corrected chi connectivity index (χ1v) is 7.13. The van der Waals surface area contributed by atoms with Gasteiger partial charge in [-0.05, 0) is 35.9 Å². The van der Waals surface area contributed by atoms with Crippen LogP contribution in [0, 0.1) is 0 Å². The van der Waals surface area contributed by atoms with Gasteiger partial charge in [-0.1, -0.05) is 32.0 Å². The average Bonchev–Trinajstić information content (AvgIpc) is 2.80. The monoisotopic (exact) mass is 264 g/mol. The lowest BCUT2D eigenvalue weighted by atomic mass is 9.54. The van der Waals surface area contributed by atoms with Crippen LogP contribution in [0.5, 0.6) is 0 Å². The minimum absolute atomic E-state index is 0.0368. The van der Waals surface area contributed by atoms with Crippen LogP contribution in [0.2, 0.25) is 0 Å². The largest absolute Gasteiger partial charge is 0.481 e. The zero-order valence-electron chi connectivity index (χ0n) is 12.5. The van der Waals surface area contributed by atoms with Crippen LogP contribution < -0.4 is 10.1 Å². The molecule has 0 fully saturated rings. The van der Waals surface area contributed by atoms with Crippen molar-refractivity contribution >= 4 is 18.5 Å². The number of nitrogens with zero attached hydrogens (tertiary/aromatic N) is 3. The van der Waals surface area contributed by atoms with E-state index in [1.807, 2.05) is 0 Å². The van der Waals surface area contributed by atoms with Crippen molar-refractivity contribution in [2.24, 2.45) is 7.05 Å². The highest BCUT2D eigenvalue weighted by molar-refractivity contribution is 6.71. The number of hydrogen-bond donors (Lipinski definition) is 0. The maximum absolute atomic E-state index is 2.41. The van der Waals surface area contributed by atoms with Crippen molar-refractivity contribution < 1.29 is 4.68 Å². The fourth-order valence-corrected chi connectivity index (χ4v) is 3.77. The summed E-state index contributed by atoms with van der Waals surface area (Å²) in [5.74, 6) is 0. The molecule has 1 aromatic heterocycles. The van der Waals surface area contributed by atoms with E-state index < -0.39 is 0 Å². The van der Waals surface area contributed by atoms with Crippen LogP contribution in [0.25, 0.3) is 6.08 Å². The molecule has 0 saturated heterocycles. The minimum Gasteiger partial charge on any atom is -0.397 e. The van der Waals surface area contributed by atoms with Gasteiger partial charge in [0.2, 0.25) is 0 Å². The summed E-state index contributed by atoms with van der Waals surface area (Å²) < 4.78 is 4.62. The molecule has 0 radical (unpaired) electrons. The van der Waals surface area contributed by atoms with Gasteiger partial charge < -0.3 is 4.81 Å². The predicted molar refractivity (Wildman–Crippen MR) is 81.8 cm³/mol. The Hall–Kier alpha value is -1.97. The standard InChI is InChI=1S/C16H19BN3/c1-16(2)13-7-5-6-12-8-10-18(3)17(15(12)13)20-14(16)9-11-19(20)4/h5-11H,1-4H3/q+1. The van der Waals surface area contributed by atoms with Crippen LogP contribution in [0.4, 0.5) is 0 Å². The van der Waals surface area contributed by atoms with Crippen molar-refractivity contribution in [1.29, 1.82) is 0 Å². The van der Waals surface area contributed by atoms with E-state index in [4.69, 9.17) is 0 Å². The quantitative estimate of drug-likeness (QED) is 0.513. The van der Waals surface area contributed by atoms with Crippen LogP contribution in [0.3, 0.4) is 0 Å². The summed E-state index contributed by atoms with van der Waals surface area (Å²) in [7, 11) is 4.28. The molecule has 0 bridgehead atoms. The van der Waals surface area contributed by atoms with Gasteiger partial charge in [0.25, 0.3) is 0 Å². The van der Waals surface area contributed by atoms with Gasteiger partial charge in [-0.2, -0.15) is 4.59 Å². The summed E-state index contributed by atoms with van der Waals surface area (Å²) in [5, 5.41) is 0. The molecule has 0 aliphatic carbocycles. The second-order valence-electron chi connectivity index (χ2n) is 6.41. The molecule has 0 N–H and O–H groups in total. The lowest BCUT2D eigenvalue weighted by Crippen LogP contribution is -2.65. The lowest BCUT2D eigenvalue weighted by Gasteiger charge is -2.39. The van der Waals surface area contributed by atoms with Crippen LogP contribution in [0.1, 0.15) is 30.7 Å². The van der Waals surface area contributed by atoms with E-state index in [0.717, 1.165) is 0 Å². The molecular formula is C16H19BN3+. The molecule has 2 aliphatic rings. The summed E-state index contributed by atoms with van der Waals surface area (Å²) >= 11 is 0. The Morgan fingerprint density at radius 3 is 2.80 bits per heavy atom. The van der Waals surface area contributed by atoms with Gasteiger partial charge in [0.15, 0.2) is 13.2 Å². The van der Waals surface area contributed by atoms with E-state index in [0.29, 0.717) is 0 Å². The van der Waals surface area contributed by atoms with Gasteiger partial charge in [0.05, 0.1) is 5.69 Å². The van der Waals surface area contributed by atoms with Crippen LogP contribution in [-0.4, -0.2) is 23.4 Å². The molecule has 2 aliphatic heterocycles. The maximum Gasteiger partial charge on any atom is 0.481 e. The maximum atomic E-state index is 2.41. The van der Waals surface area contributed by atoms with Crippen molar-refractivity contribution in [3.8, 4) is 0 Å². The molecule has 0 atom stereocenters. The summed E-state index contributed by atoms with van der Waals surface area (Å²) in [5.41, 5.74) is 5.65. The molecule has 3 nitrogen and oxygen atoms in total.